The van der Waals surface area contributed by atoms with Gasteiger partial charge in [0.1, 0.15) is 0 Å². The molecule has 27 heavy (non-hydrogen) atoms. The van der Waals surface area contributed by atoms with Gasteiger partial charge in [0.05, 0.1) is 13.1 Å². The van der Waals surface area contributed by atoms with Crippen LogP contribution in [0, 0.1) is 12.8 Å². The first-order valence-corrected chi connectivity index (χ1v) is 9.72. The summed E-state index contributed by atoms with van der Waals surface area (Å²) in [4.78, 5) is 6.12. The zero-order valence-electron chi connectivity index (χ0n) is 16.3. The van der Waals surface area contributed by atoms with Crippen molar-refractivity contribution in [2.75, 3.05) is 32.7 Å². The van der Waals surface area contributed by atoms with Crippen molar-refractivity contribution in [2.24, 2.45) is 10.9 Å². The molecule has 1 aliphatic heterocycles. The fourth-order valence-corrected chi connectivity index (χ4v) is 3.14. The molecule has 1 aromatic rings. The van der Waals surface area contributed by atoms with Gasteiger partial charge in [0.2, 0.25) is 0 Å². The highest BCUT2D eigenvalue weighted by Crippen LogP contribution is 2.22. The molecule has 1 aliphatic rings. The van der Waals surface area contributed by atoms with Crippen molar-refractivity contribution < 1.29 is 13.2 Å². The van der Waals surface area contributed by atoms with Crippen molar-refractivity contribution >= 4 is 5.96 Å². The van der Waals surface area contributed by atoms with E-state index < -0.39 is 12.7 Å². The molecule has 152 valence electrons. The molecule has 0 bridgehead atoms. The Bertz CT molecular complexity index is 584. The molecule has 4 nitrogen and oxygen atoms in total. The van der Waals surface area contributed by atoms with E-state index in [4.69, 9.17) is 0 Å². The fraction of sp³-hybridized carbons (Fsp3) is 0.650. The summed E-state index contributed by atoms with van der Waals surface area (Å²) in [5, 5.41) is 6.64. The highest BCUT2D eigenvalue weighted by molar-refractivity contribution is 5.79. The maximum absolute atomic E-state index is 12.5. The lowest BCUT2D eigenvalue weighted by Gasteiger charge is -2.19. The molecule has 1 unspecified atom stereocenters. The van der Waals surface area contributed by atoms with Crippen LogP contribution < -0.4 is 10.6 Å². The van der Waals surface area contributed by atoms with Crippen molar-refractivity contribution in [2.45, 2.75) is 45.8 Å². The quantitative estimate of drug-likeness (QED) is 0.408. The summed E-state index contributed by atoms with van der Waals surface area (Å²) in [6.45, 7) is 6.40. The summed E-state index contributed by atoms with van der Waals surface area (Å²) in [6.07, 6.45) is -1.20. The van der Waals surface area contributed by atoms with Crippen LogP contribution in [0.1, 0.15) is 37.3 Å². The molecule has 1 heterocycles. The molecule has 2 N–H and O–H groups in total. The molecule has 1 fully saturated rings. The van der Waals surface area contributed by atoms with Gasteiger partial charge in [0.15, 0.2) is 5.96 Å². The number of nitrogens with zero attached hydrogens (tertiary/aromatic N) is 2. The Morgan fingerprint density at radius 1 is 1.22 bits per heavy atom. The second kappa shape index (κ2) is 10.5. The summed E-state index contributed by atoms with van der Waals surface area (Å²) in [5.41, 5.74) is 2.35. The molecule has 1 aromatic carbocycles. The van der Waals surface area contributed by atoms with Crippen molar-refractivity contribution in [1.82, 2.24) is 15.5 Å². The Morgan fingerprint density at radius 2 is 1.96 bits per heavy atom. The van der Waals surface area contributed by atoms with Crippen LogP contribution in [0.15, 0.2) is 29.3 Å². The molecule has 1 saturated heterocycles. The van der Waals surface area contributed by atoms with E-state index in [1.54, 1.807) is 0 Å². The van der Waals surface area contributed by atoms with Crippen LogP contribution in [-0.4, -0.2) is 49.8 Å². The van der Waals surface area contributed by atoms with Gasteiger partial charge in [-0.3, -0.25) is 4.90 Å². The number of likely N-dealkylation sites (tertiary alicyclic amines) is 1. The molecule has 1 atom stereocenters. The van der Waals surface area contributed by atoms with Crippen molar-refractivity contribution in [3.8, 4) is 0 Å². The molecule has 2 rings (SSSR count). The van der Waals surface area contributed by atoms with Crippen LogP contribution in [0.5, 0.6) is 0 Å². The standard InChI is InChI=1S/C20H31F3N4/c1-3-4-10-24-19(25-12-17-7-5-16(2)6-8-17)26-13-18-9-11-27(14-18)15-20(21,22)23/h5-8,18H,3-4,9-15H2,1-2H3,(H2,24,25,26). The van der Waals surface area contributed by atoms with E-state index in [0.29, 0.717) is 26.2 Å². The number of nitrogens with one attached hydrogen (secondary N) is 2. The van der Waals surface area contributed by atoms with Gasteiger partial charge in [-0.15, -0.1) is 0 Å². The van der Waals surface area contributed by atoms with E-state index in [1.165, 1.54) is 10.5 Å². The topological polar surface area (TPSA) is 39.7 Å². The molecule has 0 aromatic heterocycles. The van der Waals surface area contributed by atoms with Crippen LogP contribution >= 0.6 is 0 Å². The Hall–Kier alpha value is -1.76. The number of benzene rings is 1. The molecule has 0 amide bonds. The van der Waals surface area contributed by atoms with Gasteiger partial charge >= 0.3 is 6.18 Å². The van der Waals surface area contributed by atoms with Crippen molar-refractivity contribution in [3.63, 3.8) is 0 Å². The molecule has 0 spiro atoms. The van der Waals surface area contributed by atoms with E-state index in [9.17, 15) is 13.2 Å². The minimum absolute atomic E-state index is 0.213. The first-order chi connectivity index (χ1) is 12.9. The normalized spacial score (nSPS) is 18.7. The number of hydrogen-bond donors (Lipinski definition) is 2. The lowest BCUT2D eigenvalue weighted by Crippen LogP contribution is -2.41. The zero-order chi connectivity index (χ0) is 19.7. The number of aliphatic imine (C=N–C) groups is 1. The van der Waals surface area contributed by atoms with Gasteiger partial charge in [0, 0.05) is 19.6 Å². The van der Waals surface area contributed by atoms with Gasteiger partial charge in [-0.2, -0.15) is 13.2 Å². The average molecular weight is 384 g/mol. The minimum atomic E-state index is -4.12. The molecular formula is C20H31F3N4. The summed E-state index contributed by atoms with van der Waals surface area (Å²) in [6, 6.07) is 8.26. The third-order valence-electron chi connectivity index (χ3n) is 4.69. The first kappa shape index (κ1) is 21.5. The number of unbranched alkanes of at least 4 members (excludes halogenated alkanes) is 1. The molecule has 0 radical (unpaired) electrons. The van der Waals surface area contributed by atoms with E-state index >= 15 is 0 Å². The summed E-state index contributed by atoms with van der Waals surface area (Å²) in [5.74, 6) is 0.947. The average Bonchev–Trinajstić information content (AvgIpc) is 3.04. The molecule has 0 saturated carbocycles. The van der Waals surface area contributed by atoms with Crippen molar-refractivity contribution in [1.29, 1.82) is 0 Å². The summed E-state index contributed by atoms with van der Waals surface area (Å²) >= 11 is 0. The van der Waals surface area contributed by atoms with E-state index in [2.05, 4.69) is 53.7 Å². The number of aryl methyl sites for hydroxylation is 1. The predicted octanol–water partition coefficient (Wildman–Crippen LogP) is 3.71. The predicted molar refractivity (Wildman–Crippen MR) is 104 cm³/mol. The minimum Gasteiger partial charge on any atom is -0.356 e. The molecule has 0 aliphatic carbocycles. The first-order valence-electron chi connectivity index (χ1n) is 9.72. The third-order valence-corrected chi connectivity index (χ3v) is 4.69. The summed E-state index contributed by atoms with van der Waals surface area (Å²) in [7, 11) is 0. The second-order valence-electron chi connectivity index (χ2n) is 7.32. The van der Waals surface area contributed by atoms with Gasteiger partial charge in [-0.05, 0) is 37.8 Å². The van der Waals surface area contributed by atoms with Gasteiger partial charge in [-0.1, -0.05) is 43.2 Å². The van der Waals surface area contributed by atoms with E-state index in [-0.39, 0.29) is 5.92 Å². The Labute approximate surface area is 160 Å². The van der Waals surface area contributed by atoms with Gasteiger partial charge < -0.3 is 10.6 Å². The van der Waals surface area contributed by atoms with Crippen LogP contribution in [0.2, 0.25) is 0 Å². The van der Waals surface area contributed by atoms with Gasteiger partial charge in [-0.25, -0.2) is 4.99 Å². The van der Waals surface area contributed by atoms with Crippen LogP contribution in [0.25, 0.3) is 0 Å². The summed E-state index contributed by atoms with van der Waals surface area (Å²) < 4.78 is 37.6. The number of rotatable bonds is 8. The SMILES string of the molecule is CCCCNC(=NCc1ccc(C)cc1)NCC1CCN(CC(F)(F)F)C1. The maximum atomic E-state index is 12.5. The third kappa shape index (κ3) is 8.65. The van der Waals surface area contributed by atoms with Crippen molar-refractivity contribution in [3.05, 3.63) is 35.4 Å². The fourth-order valence-electron chi connectivity index (χ4n) is 3.14. The van der Waals surface area contributed by atoms with E-state index in [1.807, 2.05) is 0 Å². The highest BCUT2D eigenvalue weighted by atomic mass is 19.4. The molecule has 7 heteroatoms. The Kier molecular flexibility index (Phi) is 8.41. The number of guanidine groups is 1. The lowest BCUT2D eigenvalue weighted by atomic mass is 10.1. The number of halogens is 3. The largest absolute Gasteiger partial charge is 0.401 e. The van der Waals surface area contributed by atoms with Crippen LogP contribution in [-0.2, 0) is 6.54 Å². The zero-order valence-corrected chi connectivity index (χ0v) is 16.3. The van der Waals surface area contributed by atoms with Crippen LogP contribution in [0.4, 0.5) is 13.2 Å². The Balaban J connectivity index is 1.84. The molecular weight excluding hydrogens is 353 g/mol. The lowest BCUT2D eigenvalue weighted by molar-refractivity contribution is -0.143. The number of hydrogen-bond acceptors (Lipinski definition) is 2. The monoisotopic (exact) mass is 384 g/mol. The highest BCUT2D eigenvalue weighted by Gasteiger charge is 2.34. The smallest absolute Gasteiger partial charge is 0.356 e. The maximum Gasteiger partial charge on any atom is 0.401 e. The number of alkyl halides is 3. The van der Waals surface area contributed by atoms with Gasteiger partial charge in [0.25, 0.3) is 0 Å². The Morgan fingerprint density at radius 3 is 2.63 bits per heavy atom. The van der Waals surface area contributed by atoms with E-state index in [0.717, 1.165) is 37.3 Å². The van der Waals surface area contributed by atoms with Crippen LogP contribution in [0.3, 0.4) is 0 Å². The second-order valence-corrected chi connectivity index (χ2v) is 7.32.